The van der Waals surface area contributed by atoms with Crippen molar-refractivity contribution in [2.45, 2.75) is 20.3 Å². The van der Waals surface area contributed by atoms with Gasteiger partial charge in [-0.05, 0) is 73.8 Å². The highest BCUT2D eigenvalue weighted by molar-refractivity contribution is 9.10. The molecule has 3 heteroatoms. The van der Waals surface area contributed by atoms with Gasteiger partial charge in [0.05, 0.1) is 0 Å². The maximum atomic E-state index is 5.98. The summed E-state index contributed by atoms with van der Waals surface area (Å²) >= 11 is 3.48. The molecule has 0 aliphatic rings. The monoisotopic (exact) mass is 319 g/mol. The molecular formula is C16H18BrNO. The lowest BCUT2D eigenvalue weighted by molar-refractivity contribution is 0.475. The summed E-state index contributed by atoms with van der Waals surface area (Å²) in [7, 11) is 0. The van der Waals surface area contributed by atoms with E-state index in [-0.39, 0.29) is 0 Å². The maximum absolute atomic E-state index is 5.98. The number of halogens is 1. The highest BCUT2D eigenvalue weighted by Crippen LogP contribution is 2.29. The number of rotatable bonds is 4. The average molecular weight is 320 g/mol. The summed E-state index contributed by atoms with van der Waals surface area (Å²) in [5.74, 6) is 1.74. The van der Waals surface area contributed by atoms with E-state index < -0.39 is 0 Å². The first-order valence-corrected chi connectivity index (χ1v) is 7.13. The third-order valence-corrected chi connectivity index (χ3v) is 3.64. The van der Waals surface area contributed by atoms with Crippen molar-refractivity contribution >= 4 is 15.9 Å². The van der Waals surface area contributed by atoms with Crippen molar-refractivity contribution in [2.24, 2.45) is 5.73 Å². The Morgan fingerprint density at radius 2 is 1.84 bits per heavy atom. The fraction of sp³-hybridized carbons (Fsp3) is 0.250. The molecule has 0 radical (unpaired) electrons. The summed E-state index contributed by atoms with van der Waals surface area (Å²) in [5, 5.41) is 0. The normalized spacial score (nSPS) is 10.5. The molecule has 0 saturated carbocycles. The van der Waals surface area contributed by atoms with E-state index in [9.17, 15) is 0 Å². The number of nitrogens with two attached hydrogens (primary N) is 1. The van der Waals surface area contributed by atoms with Crippen molar-refractivity contribution in [3.8, 4) is 11.5 Å². The van der Waals surface area contributed by atoms with Gasteiger partial charge in [0, 0.05) is 4.47 Å². The molecule has 0 heterocycles. The minimum Gasteiger partial charge on any atom is -0.457 e. The maximum Gasteiger partial charge on any atom is 0.130 e. The molecule has 0 bridgehead atoms. The molecule has 0 aromatic heterocycles. The molecule has 0 amide bonds. The smallest absolute Gasteiger partial charge is 0.130 e. The predicted octanol–water partition coefficient (Wildman–Crippen LogP) is 4.36. The van der Waals surface area contributed by atoms with E-state index >= 15 is 0 Å². The van der Waals surface area contributed by atoms with Crippen molar-refractivity contribution in [3.63, 3.8) is 0 Å². The topological polar surface area (TPSA) is 35.2 Å². The molecule has 0 atom stereocenters. The van der Waals surface area contributed by atoms with Gasteiger partial charge >= 0.3 is 0 Å². The van der Waals surface area contributed by atoms with Crippen molar-refractivity contribution in [3.05, 3.63) is 57.6 Å². The van der Waals surface area contributed by atoms with E-state index in [0.717, 1.165) is 28.0 Å². The molecule has 2 aromatic rings. The van der Waals surface area contributed by atoms with Crippen LogP contribution in [0.4, 0.5) is 0 Å². The molecule has 2 aromatic carbocycles. The zero-order valence-corrected chi connectivity index (χ0v) is 12.8. The zero-order chi connectivity index (χ0) is 13.8. The lowest BCUT2D eigenvalue weighted by Gasteiger charge is -2.12. The van der Waals surface area contributed by atoms with Crippen LogP contribution in [0.25, 0.3) is 0 Å². The summed E-state index contributed by atoms with van der Waals surface area (Å²) in [6.07, 6.45) is 0.805. The number of ether oxygens (including phenoxy) is 1. The van der Waals surface area contributed by atoms with E-state index in [1.807, 2.05) is 18.2 Å². The SMILES string of the molecule is Cc1ccc(Oc2ccc(Br)cc2CCN)cc1C. The summed E-state index contributed by atoms with van der Waals surface area (Å²) in [6.45, 7) is 4.79. The van der Waals surface area contributed by atoms with Crippen molar-refractivity contribution in [1.82, 2.24) is 0 Å². The third kappa shape index (κ3) is 3.58. The molecule has 0 unspecified atom stereocenters. The van der Waals surface area contributed by atoms with Crippen molar-refractivity contribution in [2.75, 3.05) is 6.54 Å². The van der Waals surface area contributed by atoms with E-state index in [1.165, 1.54) is 11.1 Å². The van der Waals surface area contributed by atoms with Gasteiger partial charge in [-0.25, -0.2) is 0 Å². The van der Waals surface area contributed by atoms with Crippen LogP contribution in [0.1, 0.15) is 16.7 Å². The molecule has 19 heavy (non-hydrogen) atoms. The Hall–Kier alpha value is -1.32. The Morgan fingerprint density at radius 1 is 1.05 bits per heavy atom. The van der Waals surface area contributed by atoms with Crippen LogP contribution in [0.15, 0.2) is 40.9 Å². The number of hydrogen-bond acceptors (Lipinski definition) is 2. The molecule has 2 rings (SSSR count). The first-order valence-electron chi connectivity index (χ1n) is 6.34. The van der Waals surface area contributed by atoms with E-state index in [1.54, 1.807) is 0 Å². The number of benzene rings is 2. The molecule has 2 nitrogen and oxygen atoms in total. The Labute approximate surface area is 122 Å². The molecular weight excluding hydrogens is 302 g/mol. The molecule has 0 fully saturated rings. The molecule has 2 N–H and O–H groups in total. The summed E-state index contributed by atoms with van der Waals surface area (Å²) in [5.41, 5.74) is 9.27. The lowest BCUT2D eigenvalue weighted by Crippen LogP contribution is -2.04. The Morgan fingerprint density at radius 3 is 2.53 bits per heavy atom. The Bertz CT molecular complexity index is 581. The summed E-state index contributed by atoms with van der Waals surface area (Å²) in [4.78, 5) is 0. The van der Waals surface area contributed by atoms with Crippen LogP contribution in [0.5, 0.6) is 11.5 Å². The van der Waals surface area contributed by atoms with Crippen LogP contribution < -0.4 is 10.5 Å². The van der Waals surface area contributed by atoms with Crippen molar-refractivity contribution in [1.29, 1.82) is 0 Å². The second kappa shape index (κ2) is 6.22. The van der Waals surface area contributed by atoms with Gasteiger partial charge in [0.2, 0.25) is 0 Å². The van der Waals surface area contributed by atoms with Gasteiger partial charge in [-0.15, -0.1) is 0 Å². The largest absolute Gasteiger partial charge is 0.457 e. The van der Waals surface area contributed by atoms with Crippen LogP contribution in [-0.4, -0.2) is 6.54 Å². The van der Waals surface area contributed by atoms with Crippen LogP contribution >= 0.6 is 15.9 Å². The van der Waals surface area contributed by atoms with E-state index in [0.29, 0.717) is 6.54 Å². The van der Waals surface area contributed by atoms with Gasteiger partial charge in [0.15, 0.2) is 0 Å². The Kier molecular flexibility index (Phi) is 4.61. The minimum atomic E-state index is 0.611. The van der Waals surface area contributed by atoms with Crippen molar-refractivity contribution < 1.29 is 4.74 Å². The standard InChI is InChI=1S/C16H18BrNO/c1-11-3-5-15(9-12(11)2)19-16-6-4-14(17)10-13(16)7-8-18/h3-6,9-10H,7-8,18H2,1-2H3. The molecule has 0 saturated heterocycles. The quantitative estimate of drug-likeness (QED) is 0.908. The zero-order valence-electron chi connectivity index (χ0n) is 11.2. The van der Waals surface area contributed by atoms with Gasteiger partial charge in [0.1, 0.15) is 11.5 Å². The number of hydrogen-bond donors (Lipinski definition) is 1. The fourth-order valence-corrected chi connectivity index (χ4v) is 2.31. The van der Waals surface area contributed by atoms with E-state index in [4.69, 9.17) is 10.5 Å². The fourth-order valence-electron chi connectivity index (χ4n) is 1.90. The van der Waals surface area contributed by atoms with Crippen LogP contribution in [0, 0.1) is 13.8 Å². The van der Waals surface area contributed by atoms with Gasteiger partial charge < -0.3 is 10.5 Å². The predicted molar refractivity (Wildman–Crippen MR) is 82.9 cm³/mol. The molecule has 0 aliphatic carbocycles. The summed E-state index contributed by atoms with van der Waals surface area (Å²) < 4.78 is 7.02. The van der Waals surface area contributed by atoms with Crippen LogP contribution in [0.3, 0.4) is 0 Å². The lowest BCUT2D eigenvalue weighted by atomic mass is 10.1. The average Bonchev–Trinajstić information content (AvgIpc) is 2.37. The minimum absolute atomic E-state index is 0.611. The second-order valence-corrected chi connectivity index (χ2v) is 5.55. The van der Waals surface area contributed by atoms with E-state index in [2.05, 4.69) is 48.0 Å². The first-order chi connectivity index (χ1) is 9.10. The number of aryl methyl sites for hydroxylation is 2. The van der Waals surface area contributed by atoms with Gasteiger partial charge in [-0.3, -0.25) is 0 Å². The highest BCUT2D eigenvalue weighted by atomic mass is 79.9. The van der Waals surface area contributed by atoms with Crippen LogP contribution in [-0.2, 0) is 6.42 Å². The first kappa shape index (κ1) is 14.1. The van der Waals surface area contributed by atoms with Gasteiger partial charge in [-0.1, -0.05) is 22.0 Å². The highest BCUT2D eigenvalue weighted by Gasteiger charge is 2.06. The molecule has 0 aliphatic heterocycles. The van der Waals surface area contributed by atoms with Gasteiger partial charge in [-0.2, -0.15) is 0 Å². The van der Waals surface area contributed by atoms with Crippen LogP contribution in [0.2, 0.25) is 0 Å². The third-order valence-electron chi connectivity index (χ3n) is 3.14. The molecule has 0 spiro atoms. The Balaban J connectivity index is 2.29. The molecule has 100 valence electrons. The van der Waals surface area contributed by atoms with Gasteiger partial charge in [0.25, 0.3) is 0 Å². The summed E-state index contributed by atoms with van der Waals surface area (Å²) in [6, 6.07) is 12.1. The second-order valence-electron chi connectivity index (χ2n) is 4.64.